The molecule has 2 aromatic rings. The molecule has 0 unspecified atom stereocenters. The van der Waals surface area contributed by atoms with Gasteiger partial charge in [-0.05, 0) is 32.3 Å². The number of nitrogens with zero attached hydrogens (tertiary/aromatic N) is 1. The monoisotopic (exact) mass is 394 g/mol. The van der Waals surface area contributed by atoms with E-state index in [2.05, 4.69) is 10.3 Å². The highest BCUT2D eigenvalue weighted by Gasteiger charge is 2.38. The largest absolute Gasteiger partial charge is 0.469 e. The Morgan fingerprint density at radius 1 is 1.15 bits per heavy atom. The van der Waals surface area contributed by atoms with Crippen LogP contribution in [0.2, 0.25) is 0 Å². The van der Waals surface area contributed by atoms with E-state index in [1.165, 1.54) is 36.9 Å². The van der Waals surface area contributed by atoms with Gasteiger partial charge in [-0.25, -0.2) is 9.78 Å². The zero-order valence-electron chi connectivity index (χ0n) is 14.8. The van der Waals surface area contributed by atoms with Gasteiger partial charge in [0.25, 0.3) is 5.91 Å². The molecule has 26 heavy (non-hydrogen) atoms. The van der Waals surface area contributed by atoms with Crippen molar-refractivity contribution in [3.63, 3.8) is 0 Å². The van der Waals surface area contributed by atoms with Gasteiger partial charge in [0.2, 0.25) is 0 Å². The van der Waals surface area contributed by atoms with Crippen molar-refractivity contribution in [2.75, 3.05) is 19.5 Å². The Labute approximate surface area is 158 Å². The van der Waals surface area contributed by atoms with Crippen LogP contribution in [0.3, 0.4) is 0 Å². The van der Waals surface area contributed by atoms with Crippen LogP contribution < -0.4 is 5.32 Å². The van der Waals surface area contributed by atoms with Crippen LogP contribution in [0.1, 0.15) is 53.5 Å². The third-order valence-electron chi connectivity index (χ3n) is 4.24. The minimum Gasteiger partial charge on any atom is -0.469 e. The van der Waals surface area contributed by atoms with Crippen LogP contribution in [0.4, 0.5) is 5.00 Å². The van der Waals surface area contributed by atoms with Crippen molar-refractivity contribution in [3.05, 3.63) is 31.6 Å². The lowest BCUT2D eigenvalue weighted by Gasteiger charge is -2.11. The highest BCUT2D eigenvalue weighted by atomic mass is 32.1. The average molecular weight is 394 g/mol. The number of fused-ring (bicyclic) bond motifs is 1. The van der Waals surface area contributed by atoms with E-state index in [9.17, 15) is 14.4 Å². The number of hydrogen-bond donors (Lipinski definition) is 1. The lowest BCUT2D eigenvalue weighted by molar-refractivity contribution is -0.142. The first-order valence-corrected chi connectivity index (χ1v) is 9.57. The van der Waals surface area contributed by atoms with Crippen molar-refractivity contribution in [2.45, 2.75) is 32.6 Å². The standard InChI is InChI=1S/C17H18N2O5S2/c1-7-13(25-8(2)18-7)14(20)19-15-12(17(22)24-4)11-9(16(21)23-3)5-6-10(11)26-15/h9H,5-6H2,1-4H3,(H,19,20)/t9-/m1/s1. The predicted molar refractivity (Wildman–Crippen MR) is 98.3 cm³/mol. The molecule has 7 nitrogen and oxygen atoms in total. The van der Waals surface area contributed by atoms with E-state index in [1.54, 1.807) is 6.92 Å². The summed E-state index contributed by atoms with van der Waals surface area (Å²) >= 11 is 2.60. The molecule has 1 amide bonds. The van der Waals surface area contributed by atoms with Gasteiger partial charge in [-0.2, -0.15) is 0 Å². The molecule has 2 aromatic heterocycles. The number of thiophene rings is 1. The minimum atomic E-state index is -0.578. The predicted octanol–water partition coefficient (Wildman–Crippen LogP) is 3.06. The van der Waals surface area contributed by atoms with Gasteiger partial charge in [0.15, 0.2) is 0 Å². The summed E-state index contributed by atoms with van der Waals surface area (Å²) in [6.07, 6.45) is 1.23. The summed E-state index contributed by atoms with van der Waals surface area (Å²) in [5.74, 6) is -1.81. The van der Waals surface area contributed by atoms with Gasteiger partial charge >= 0.3 is 11.9 Å². The summed E-state index contributed by atoms with van der Waals surface area (Å²) in [5, 5.41) is 3.99. The third-order valence-corrected chi connectivity index (χ3v) is 6.50. The number of aromatic nitrogens is 1. The fourth-order valence-electron chi connectivity index (χ4n) is 3.14. The number of esters is 2. The molecule has 0 saturated heterocycles. The summed E-state index contributed by atoms with van der Waals surface area (Å²) in [4.78, 5) is 42.7. The molecule has 0 saturated carbocycles. The second kappa shape index (κ2) is 7.16. The van der Waals surface area contributed by atoms with E-state index in [0.717, 1.165) is 9.88 Å². The second-order valence-electron chi connectivity index (χ2n) is 5.85. The summed E-state index contributed by atoms with van der Waals surface area (Å²) in [6, 6.07) is 0. The second-order valence-corrected chi connectivity index (χ2v) is 8.16. The molecule has 0 aromatic carbocycles. The number of ether oxygens (including phenoxy) is 2. The quantitative estimate of drug-likeness (QED) is 0.801. The Balaban J connectivity index is 2.00. The first kappa shape index (κ1) is 18.5. The van der Waals surface area contributed by atoms with E-state index >= 15 is 0 Å². The third kappa shape index (κ3) is 3.12. The van der Waals surface area contributed by atoms with E-state index in [4.69, 9.17) is 9.47 Å². The molecule has 1 N–H and O–H groups in total. The van der Waals surface area contributed by atoms with Crippen molar-refractivity contribution < 1.29 is 23.9 Å². The highest BCUT2D eigenvalue weighted by Crippen LogP contribution is 2.46. The van der Waals surface area contributed by atoms with Gasteiger partial charge in [0, 0.05) is 4.88 Å². The first-order valence-electron chi connectivity index (χ1n) is 7.94. The number of rotatable bonds is 4. The zero-order valence-corrected chi connectivity index (χ0v) is 16.4. The normalized spacial score (nSPS) is 15.5. The van der Waals surface area contributed by atoms with Gasteiger partial charge in [0.05, 0.1) is 36.4 Å². The van der Waals surface area contributed by atoms with Crippen molar-refractivity contribution >= 4 is 45.5 Å². The molecule has 0 fully saturated rings. The Hall–Kier alpha value is -2.26. The Kier molecular flexibility index (Phi) is 5.10. The van der Waals surface area contributed by atoms with E-state index in [0.29, 0.717) is 34.0 Å². The van der Waals surface area contributed by atoms with Crippen LogP contribution >= 0.6 is 22.7 Å². The van der Waals surface area contributed by atoms with Gasteiger partial charge in [0.1, 0.15) is 9.88 Å². The molecular formula is C17H18N2O5S2. The molecule has 0 radical (unpaired) electrons. The molecule has 1 atom stereocenters. The van der Waals surface area contributed by atoms with Gasteiger partial charge in [-0.15, -0.1) is 22.7 Å². The lowest BCUT2D eigenvalue weighted by atomic mass is 9.99. The van der Waals surface area contributed by atoms with Gasteiger partial charge in [-0.1, -0.05) is 0 Å². The van der Waals surface area contributed by atoms with Crippen LogP contribution in [0.15, 0.2) is 0 Å². The molecule has 3 rings (SSSR count). The number of aryl methyl sites for hydroxylation is 3. The Morgan fingerprint density at radius 3 is 2.46 bits per heavy atom. The number of amides is 1. The fourth-order valence-corrected chi connectivity index (χ4v) is 5.21. The number of carbonyl (C=O) groups is 3. The molecule has 2 heterocycles. The maximum absolute atomic E-state index is 12.6. The van der Waals surface area contributed by atoms with Crippen molar-refractivity contribution in [1.82, 2.24) is 4.98 Å². The maximum atomic E-state index is 12.6. The van der Waals surface area contributed by atoms with Crippen LogP contribution in [0.25, 0.3) is 0 Å². The molecule has 0 bridgehead atoms. The maximum Gasteiger partial charge on any atom is 0.341 e. The van der Waals surface area contributed by atoms with E-state index in [1.807, 2.05) is 6.92 Å². The first-order chi connectivity index (χ1) is 12.4. The van der Waals surface area contributed by atoms with Crippen LogP contribution in [0, 0.1) is 13.8 Å². The SMILES string of the molecule is COC(=O)c1c(NC(=O)c2sc(C)nc2C)sc2c1[C@H](C(=O)OC)CC2. The molecule has 0 aliphatic heterocycles. The van der Waals surface area contributed by atoms with E-state index in [-0.39, 0.29) is 11.5 Å². The average Bonchev–Trinajstić information content (AvgIpc) is 3.26. The van der Waals surface area contributed by atoms with Crippen LogP contribution in [-0.4, -0.2) is 37.0 Å². The molecule has 1 aliphatic rings. The van der Waals surface area contributed by atoms with Crippen LogP contribution in [0.5, 0.6) is 0 Å². The summed E-state index contributed by atoms with van der Waals surface area (Å²) < 4.78 is 9.75. The summed E-state index contributed by atoms with van der Waals surface area (Å²) in [6.45, 7) is 3.59. The molecule has 9 heteroatoms. The molecule has 138 valence electrons. The number of thiazole rings is 1. The zero-order chi connectivity index (χ0) is 19.0. The Morgan fingerprint density at radius 2 is 1.88 bits per heavy atom. The molecule has 0 spiro atoms. The van der Waals surface area contributed by atoms with Gasteiger partial charge in [-0.3, -0.25) is 9.59 Å². The number of hydrogen-bond acceptors (Lipinski definition) is 8. The Bertz CT molecular complexity index is 899. The van der Waals surface area contributed by atoms with Gasteiger partial charge < -0.3 is 14.8 Å². The lowest BCUT2D eigenvalue weighted by Crippen LogP contribution is -2.17. The number of methoxy groups -OCH3 is 2. The smallest absolute Gasteiger partial charge is 0.341 e. The number of anilines is 1. The molecule has 1 aliphatic carbocycles. The summed E-state index contributed by atoms with van der Waals surface area (Å²) in [5.41, 5.74) is 1.50. The number of carbonyl (C=O) groups excluding carboxylic acids is 3. The minimum absolute atomic E-state index is 0.243. The van der Waals surface area contributed by atoms with Crippen molar-refractivity contribution in [3.8, 4) is 0 Å². The van der Waals surface area contributed by atoms with Crippen molar-refractivity contribution in [2.24, 2.45) is 0 Å². The topological polar surface area (TPSA) is 94.6 Å². The number of nitrogens with one attached hydrogen (secondary N) is 1. The summed E-state index contributed by atoms with van der Waals surface area (Å²) in [7, 11) is 2.60. The fraction of sp³-hybridized carbons (Fsp3) is 0.412. The van der Waals surface area contributed by atoms with E-state index < -0.39 is 17.9 Å². The van der Waals surface area contributed by atoms with Crippen molar-refractivity contribution in [1.29, 1.82) is 0 Å². The highest BCUT2D eigenvalue weighted by molar-refractivity contribution is 7.17. The van der Waals surface area contributed by atoms with Crippen LogP contribution in [-0.2, 0) is 20.7 Å². The molecular weight excluding hydrogens is 376 g/mol.